The fraction of sp³-hybridized carbons (Fsp3) is 0.562. The first-order valence-corrected chi connectivity index (χ1v) is 8.42. The number of amides is 1. The molecule has 1 aromatic rings. The number of carbonyl (C=O) groups excluding carboxylic acids is 1. The third-order valence-corrected chi connectivity index (χ3v) is 4.84. The van der Waals surface area contributed by atoms with E-state index in [0.29, 0.717) is 12.2 Å². The predicted molar refractivity (Wildman–Crippen MR) is 84.7 cm³/mol. The van der Waals surface area contributed by atoms with E-state index in [4.69, 9.17) is 4.74 Å². The molecule has 1 aliphatic rings. The predicted octanol–water partition coefficient (Wildman–Crippen LogP) is 3.91. The van der Waals surface area contributed by atoms with Gasteiger partial charge in [0.1, 0.15) is 5.75 Å². The number of halogens is 1. The van der Waals surface area contributed by atoms with Crippen LogP contribution in [0.25, 0.3) is 0 Å². The fourth-order valence-electron chi connectivity index (χ4n) is 2.60. The van der Waals surface area contributed by atoms with Gasteiger partial charge in [-0.2, -0.15) is 0 Å². The Morgan fingerprint density at radius 3 is 2.80 bits per heavy atom. The lowest BCUT2D eigenvalue weighted by molar-refractivity contribution is 0.0910. The minimum Gasteiger partial charge on any atom is -0.494 e. The Morgan fingerprint density at radius 2 is 2.15 bits per heavy atom. The molecule has 110 valence electrons. The molecule has 0 spiro atoms. The summed E-state index contributed by atoms with van der Waals surface area (Å²) >= 11 is 3.54. The van der Waals surface area contributed by atoms with Crippen molar-refractivity contribution in [2.45, 2.75) is 44.6 Å². The van der Waals surface area contributed by atoms with E-state index < -0.39 is 0 Å². The highest BCUT2D eigenvalue weighted by atomic mass is 79.9. The number of alkyl halides is 1. The largest absolute Gasteiger partial charge is 0.494 e. The minimum absolute atomic E-state index is 0.00621. The number of hydrogen-bond donors (Lipinski definition) is 1. The van der Waals surface area contributed by atoms with Gasteiger partial charge in [0.2, 0.25) is 0 Å². The van der Waals surface area contributed by atoms with E-state index in [1.807, 2.05) is 24.3 Å². The molecule has 0 radical (unpaired) electrons. The summed E-state index contributed by atoms with van der Waals surface area (Å²) in [5.41, 5.74) is 0.600. The van der Waals surface area contributed by atoms with Crippen molar-refractivity contribution in [2.75, 3.05) is 11.9 Å². The molecule has 1 fully saturated rings. The molecule has 0 heterocycles. The summed E-state index contributed by atoms with van der Waals surface area (Å²) in [6, 6.07) is 7.42. The Bertz CT molecular complexity index is 456. The highest BCUT2D eigenvalue weighted by Gasteiger charge is 2.34. The maximum atomic E-state index is 12.4. The van der Waals surface area contributed by atoms with Crippen LogP contribution in [0.4, 0.5) is 0 Å². The van der Waals surface area contributed by atoms with Crippen LogP contribution in [0.3, 0.4) is 0 Å². The second-order valence-electron chi connectivity index (χ2n) is 5.45. The highest BCUT2D eigenvalue weighted by molar-refractivity contribution is 9.09. The van der Waals surface area contributed by atoms with Crippen molar-refractivity contribution >= 4 is 21.8 Å². The molecular weight excluding hydrogens is 318 g/mol. The van der Waals surface area contributed by atoms with Gasteiger partial charge in [-0.15, -0.1) is 0 Å². The normalized spacial score (nSPS) is 16.9. The van der Waals surface area contributed by atoms with Crippen LogP contribution in [-0.4, -0.2) is 23.4 Å². The first kappa shape index (κ1) is 15.4. The van der Waals surface area contributed by atoms with Gasteiger partial charge in [-0.3, -0.25) is 4.79 Å². The summed E-state index contributed by atoms with van der Waals surface area (Å²) in [6.07, 6.45) is 5.44. The SMILES string of the molecule is CCCOc1cccc(C(=O)NC2(CBr)CCCC2)c1. The van der Waals surface area contributed by atoms with Gasteiger partial charge in [0.15, 0.2) is 0 Å². The van der Waals surface area contributed by atoms with E-state index in [1.165, 1.54) is 12.8 Å². The highest BCUT2D eigenvalue weighted by Crippen LogP contribution is 2.31. The lowest BCUT2D eigenvalue weighted by Gasteiger charge is -2.28. The molecule has 4 heteroatoms. The Morgan fingerprint density at radius 1 is 1.40 bits per heavy atom. The molecule has 20 heavy (non-hydrogen) atoms. The van der Waals surface area contributed by atoms with Gasteiger partial charge in [-0.1, -0.05) is 41.8 Å². The topological polar surface area (TPSA) is 38.3 Å². The van der Waals surface area contributed by atoms with Crippen molar-refractivity contribution in [3.8, 4) is 5.75 Å². The summed E-state index contributed by atoms with van der Waals surface area (Å²) in [4.78, 5) is 12.4. The van der Waals surface area contributed by atoms with E-state index in [1.54, 1.807) is 0 Å². The Kier molecular flexibility index (Phi) is 5.46. The quantitative estimate of drug-likeness (QED) is 0.798. The number of hydrogen-bond acceptors (Lipinski definition) is 2. The van der Waals surface area contributed by atoms with E-state index in [0.717, 1.165) is 30.3 Å². The van der Waals surface area contributed by atoms with Crippen LogP contribution in [0.15, 0.2) is 24.3 Å². The molecule has 0 aliphatic heterocycles. The summed E-state index contributed by atoms with van der Waals surface area (Å²) in [6.45, 7) is 2.74. The summed E-state index contributed by atoms with van der Waals surface area (Å²) in [5.74, 6) is 0.757. The van der Waals surface area contributed by atoms with Crippen LogP contribution in [0.1, 0.15) is 49.4 Å². The molecule has 0 atom stereocenters. The summed E-state index contributed by atoms with van der Waals surface area (Å²) < 4.78 is 5.58. The number of carbonyl (C=O) groups is 1. The average Bonchev–Trinajstić information content (AvgIpc) is 2.94. The van der Waals surface area contributed by atoms with Crippen molar-refractivity contribution in [1.29, 1.82) is 0 Å². The van der Waals surface area contributed by atoms with Crippen LogP contribution >= 0.6 is 15.9 Å². The number of benzene rings is 1. The van der Waals surface area contributed by atoms with E-state index in [-0.39, 0.29) is 11.4 Å². The first-order valence-electron chi connectivity index (χ1n) is 7.30. The van der Waals surface area contributed by atoms with Crippen LogP contribution < -0.4 is 10.1 Å². The zero-order valence-electron chi connectivity index (χ0n) is 12.0. The number of nitrogens with one attached hydrogen (secondary N) is 1. The molecule has 0 saturated heterocycles. The number of rotatable bonds is 6. The van der Waals surface area contributed by atoms with Gasteiger partial charge in [0.05, 0.1) is 12.1 Å². The van der Waals surface area contributed by atoms with Crippen LogP contribution in [0.5, 0.6) is 5.75 Å². The molecule has 1 amide bonds. The van der Waals surface area contributed by atoms with Gasteiger partial charge in [0, 0.05) is 10.9 Å². The van der Waals surface area contributed by atoms with Crippen molar-refractivity contribution in [2.24, 2.45) is 0 Å². The van der Waals surface area contributed by atoms with E-state index in [9.17, 15) is 4.79 Å². The lowest BCUT2D eigenvalue weighted by Crippen LogP contribution is -2.47. The second-order valence-corrected chi connectivity index (χ2v) is 6.01. The van der Waals surface area contributed by atoms with Crippen LogP contribution in [0.2, 0.25) is 0 Å². The van der Waals surface area contributed by atoms with Gasteiger partial charge in [-0.25, -0.2) is 0 Å². The Balaban J connectivity index is 2.05. The lowest BCUT2D eigenvalue weighted by atomic mass is 10.00. The zero-order chi connectivity index (χ0) is 14.4. The summed E-state index contributed by atoms with van der Waals surface area (Å²) in [5, 5.41) is 4.02. The molecule has 1 aliphatic carbocycles. The van der Waals surface area contributed by atoms with Gasteiger partial charge < -0.3 is 10.1 Å². The fourth-order valence-corrected chi connectivity index (χ4v) is 3.30. The Labute approximate surface area is 129 Å². The molecule has 0 bridgehead atoms. The molecule has 1 N–H and O–H groups in total. The van der Waals surface area contributed by atoms with E-state index in [2.05, 4.69) is 28.2 Å². The van der Waals surface area contributed by atoms with Crippen molar-refractivity contribution < 1.29 is 9.53 Å². The average molecular weight is 340 g/mol. The zero-order valence-corrected chi connectivity index (χ0v) is 13.5. The van der Waals surface area contributed by atoms with Crippen LogP contribution in [0, 0.1) is 0 Å². The molecular formula is C16H22BrNO2. The maximum absolute atomic E-state index is 12.4. The molecule has 2 rings (SSSR count). The Hall–Kier alpha value is -1.03. The van der Waals surface area contributed by atoms with Crippen LogP contribution in [-0.2, 0) is 0 Å². The summed E-state index contributed by atoms with van der Waals surface area (Å²) in [7, 11) is 0. The number of ether oxygens (including phenoxy) is 1. The molecule has 3 nitrogen and oxygen atoms in total. The third kappa shape index (κ3) is 3.75. The third-order valence-electron chi connectivity index (χ3n) is 3.76. The minimum atomic E-state index is -0.0721. The van der Waals surface area contributed by atoms with Crippen molar-refractivity contribution in [3.63, 3.8) is 0 Å². The van der Waals surface area contributed by atoms with Gasteiger partial charge in [0.25, 0.3) is 5.91 Å². The molecule has 1 saturated carbocycles. The molecule has 1 aromatic carbocycles. The second kappa shape index (κ2) is 7.11. The van der Waals surface area contributed by atoms with E-state index >= 15 is 0 Å². The van der Waals surface area contributed by atoms with Gasteiger partial charge in [-0.05, 0) is 37.5 Å². The molecule has 0 aromatic heterocycles. The van der Waals surface area contributed by atoms with Crippen molar-refractivity contribution in [3.05, 3.63) is 29.8 Å². The van der Waals surface area contributed by atoms with Gasteiger partial charge >= 0.3 is 0 Å². The van der Waals surface area contributed by atoms with Crippen molar-refractivity contribution in [1.82, 2.24) is 5.32 Å². The smallest absolute Gasteiger partial charge is 0.251 e. The molecule has 0 unspecified atom stereocenters. The monoisotopic (exact) mass is 339 g/mol. The first-order chi connectivity index (χ1) is 9.69. The maximum Gasteiger partial charge on any atom is 0.251 e. The standard InChI is InChI=1S/C16H22BrNO2/c1-2-10-20-14-7-5-6-13(11-14)15(19)18-16(12-17)8-3-4-9-16/h5-7,11H,2-4,8-10,12H2,1H3,(H,18,19).